The van der Waals surface area contributed by atoms with Gasteiger partial charge >= 0.3 is 18.5 Å². The fourth-order valence-corrected chi connectivity index (χ4v) is 1.32. The van der Waals surface area contributed by atoms with Crippen molar-refractivity contribution in [3.8, 4) is 5.75 Å². The van der Waals surface area contributed by atoms with Gasteiger partial charge in [-0.05, 0) is 12.1 Å². The van der Waals surface area contributed by atoms with Gasteiger partial charge in [0.1, 0.15) is 5.75 Å². The molecule has 0 radical (unpaired) electrons. The highest BCUT2D eigenvalue weighted by Gasteiger charge is 2.35. The smallest absolute Gasteiger partial charge is 0.469 e. The Balaban J connectivity index is 3.20. The number of halogens is 6. The van der Waals surface area contributed by atoms with Gasteiger partial charge in [-0.2, -0.15) is 13.2 Å². The van der Waals surface area contributed by atoms with E-state index in [9.17, 15) is 31.1 Å². The minimum atomic E-state index is -5.17. The Morgan fingerprint density at radius 1 is 1.15 bits per heavy atom. The Kier molecular flexibility index (Phi) is 4.51. The van der Waals surface area contributed by atoms with Gasteiger partial charge in [0, 0.05) is 5.56 Å². The molecular weight excluding hydrogens is 294 g/mol. The average molecular weight is 302 g/mol. The molecule has 20 heavy (non-hydrogen) atoms. The minimum absolute atomic E-state index is 0.186. The molecule has 0 atom stereocenters. The minimum Gasteiger partial charge on any atom is -0.469 e. The van der Waals surface area contributed by atoms with Gasteiger partial charge < -0.3 is 9.47 Å². The second kappa shape index (κ2) is 5.59. The van der Waals surface area contributed by atoms with Crippen LogP contribution in [0.1, 0.15) is 11.1 Å². The van der Waals surface area contributed by atoms with Crippen LogP contribution in [0.4, 0.5) is 26.3 Å². The third kappa shape index (κ3) is 4.63. The average Bonchev–Trinajstić information content (AvgIpc) is 2.27. The van der Waals surface area contributed by atoms with Crippen molar-refractivity contribution in [3.05, 3.63) is 29.3 Å². The molecule has 0 N–H and O–H groups in total. The molecule has 0 saturated carbocycles. The number of methoxy groups -OCH3 is 1. The molecule has 0 unspecified atom stereocenters. The van der Waals surface area contributed by atoms with Crippen LogP contribution in [0.5, 0.6) is 5.75 Å². The number of benzene rings is 1. The van der Waals surface area contributed by atoms with Gasteiger partial charge in [0.2, 0.25) is 0 Å². The first-order chi connectivity index (χ1) is 9.03. The molecule has 0 saturated heterocycles. The molecule has 0 bridgehead atoms. The monoisotopic (exact) mass is 302 g/mol. The van der Waals surface area contributed by atoms with E-state index in [-0.39, 0.29) is 11.6 Å². The summed E-state index contributed by atoms with van der Waals surface area (Å²) in [5.74, 6) is -1.99. The second-order valence-corrected chi connectivity index (χ2v) is 3.62. The van der Waals surface area contributed by atoms with Gasteiger partial charge in [0.25, 0.3) is 0 Å². The van der Waals surface area contributed by atoms with Gasteiger partial charge in [-0.1, -0.05) is 6.07 Å². The number of carbonyl (C=O) groups is 1. The summed E-state index contributed by atoms with van der Waals surface area (Å²) in [6.45, 7) is 0. The second-order valence-electron chi connectivity index (χ2n) is 3.62. The van der Waals surface area contributed by atoms with Crippen LogP contribution >= 0.6 is 0 Å². The van der Waals surface area contributed by atoms with Crippen molar-refractivity contribution in [1.82, 2.24) is 0 Å². The number of ether oxygens (including phenoxy) is 2. The summed E-state index contributed by atoms with van der Waals surface area (Å²) in [6.07, 6.45) is -10.6. The van der Waals surface area contributed by atoms with Gasteiger partial charge in [-0.15, -0.1) is 13.2 Å². The van der Waals surface area contributed by atoms with Crippen LogP contribution in [0.15, 0.2) is 18.2 Å². The van der Waals surface area contributed by atoms with E-state index >= 15 is 0 Å². The van der Waals surface area contributed by atoms with E-state index in [2.05, 4.69) is 9.47 Å². The van der Waals surface area contributed by atoms with Gasteiger partial charge in [0.15, 0.2) is 0 Å². The normalized spacial score (nSPS) is 12.2. The zero-order chi connectivity index (χ0) is 15.6. The molecule has 3 nitrogen and oxygen atoms in total. The van der Waals surface area contributed by atoms with Gasteiger partial charge in [-0.3, -0.25) is 4.79 Å². The highest BCUT2D eigenvalue weighted by molar-refractivity contribution is 5.73. The van der Waals surface area contributed by atoms with Crippen molar-refractivity contribution in [2.24, 2.45) is 0 Å². The van der Waals surface area contributed by atoms with E-state index in [4.69, 9.17) is 0 Å². The van der Waals surface area contributed by atoms with Crippen LogP contribution < -0.4 is 4.74 Å². The van der Waals surface area contributed by atoms with Crippen LogP contribution in [0.25, 0.3) is 0 Å². The summed E-state index contributed by atoms with van der Waals surface area (Å²) in [6, 6.07) is 1.48. The van der Waals surface area contributed by atoms with E-state index < -0.39 is 36.2 Å². The Labute approximate surface area is 109 Å². The maximum atomic E-state index is 12.4. The first-order valence-corrected chi connectivity index (χ1v) is 5.05. The number of hydrogen-bond donors (Lipinski definition) is 0. The summed E-state index contributed by atoms with van der Waals surface area (Å²) in [4.78, 5) is 11.0. The lowest BCUT2D eigenvalue weighted by molar-refractivity contribution is -0.275. The van der Waals surface area contributed by atoms with E-state index in [1.165, 1.54) is 0 Å². The van der Waals surface area contributed by atoms with Crippen molar-refractivity contribution in [2.45, 2.75) is 19.0 Å². The molecule has 0 fully saturated rings. The number of alkyl halides is 6. The Bertz CT molecular complexity index is 492. The van der Waals surface area contributed by atoms with Crippen LogP contribution in [-0.2, 0) is 22.1 Å². The first kappa shape index (κ1) is 16.1. The number of carbonyl (C=O) groups excluding carboxylic acids is 1. The van der Waals surface area contributed by atoms with Crippen LogP contribution in [0.3, 0.4) is 0 Å². The van der Waals surface area contributed by atoms with Crippen molar-refractivity contribution in [3.63, 3.8) is 0 Å². The summed E-state index contributed by atoms with van der Waals surface area (Å²) < 4.78 is 81.5. The highest BCUT2D eigenvalue weighted by atomic mass is 19.4. The predicted octanol–water partition coefficient (Wildman–Crippen LogP) is 3.32. The molecule has 0 amide bonds. The lowest BCUT2D eigenvalue weighted by atomic mass is 10.1. The molecule has 9 heteroatoms. The Morgan fingerprint density at radius 2 is 1.75 bits per heavy atom. The molecule has 1 rings (SSSR count). The molecule has 0 aromatic heterocycles. The topological polar surface area (TPSA) is 35.5 Å². The largest absolute Gasteiger partial charge is 0.573 e. The molecule has 0 aliphatic carbocycles. The third-order valence-corrected chi connectivity index (χ3v) is 2.18. The van der Waals surface area contributed by atoms with Crippen molar-refractivity contribution >= 4 is 5.97 Å². The predicted molar refractivity (Wildman–Crippen MR) is 53.8 cm³/mol. The Hall–Kier alpha value is -1.93. The van der Waals surface area contributed by atoms with Gasteiger partial charge in [-0.25, -0.2) is 0 Å². The van der Waals surface area contributed by atoms with Crippen molar-refractivity contribution in [1.29, 1.82) is 0 Å². The van der Waals surface area contributed by atoms with E-state index in [1.54, 1.807) is 0 Å². The number of rotatable bonds is 3. The van der Waals surface area contributed by atoms with E-state index in [0.717, 1.165) is 13.2 Å². The SMILES string of the molecule is COC(=O)Cc1ccc(C(F)(F)F)cc1OC(F)(F)F. The fourth-order valence-electron chi connectivity index (χ4n) is 1.32. The highest BCUT2D eigenvalue weighted by Crippen LogP contribution is 2.35. The zero-order valence-electron chi connectivity index (χ0n) is 9.93. The van der Waals surface area contributed by atoms with Crippen LogP contribution in [0, 0.1) is 0 Å². The molecule has 1 aromatic carbocycles. The molecule has 0 heterocycles. The lowest BCUT2D eigenvalue weighted by Gasteiger charge is -2.15. The van der Waals surface area contributed by atoms with Crippen LogP contribution in [0.2, 0.25) is 0 Å². The quantitative estimate of drug-likeness (QED) is 0.635. The maximum Gasteiger partial charge on any atom is 0.573 e. The maximum absolute atomic E-state index is 12.4. The molecule has 1 aromatic rings. The summed E-state index contributed by atoms with van der Waals surface area (Å²) in [5.41, 5.74) is -1.67. The standard InChI is InChI=1S/C11H8F6O3/c1-19-9(18)4-6-2-3-7(10(12,13)14)5-8(6)20-11(15,16)17/h2-3,5H,4H2,1H3. The molecule has 112 valence electrons. The third-order valence-electron chi connectivity index (χ3n) is 2.18. The molecule has 0 aliphatic heterocycles. The lowest BCUT2D eigenvalue weighted by Crippen LogP contribution is -2.19. The Morgan fingerprint density at radius 3 is 2.20 bits per heavy atom. The molecule has 0 spiro atoms. The number of esters is 1. The van der Waals surface area contributed by atoms with Gasteiger partial charge in [0.05, 0.1) is 19.1 Å². The van der Waals surface area contributed by atoms with Crippen molar-refractivity contribution < 1.29 is 40.6 Å². The fraction of sp³-hybridized carbons (Fsp3) is 0.364. The van der Waals surface area contributed by atoms with Crippen LogP contribution in [-0.4, -0.2) is 19.4 Å². The molecule has 0 aliphatic rings. The van der Waals surface area contributed by atoms with E-state index in [1.807, 2.05) is 0 Å². The van der Waals surface area contributed by atoms with Crippen molar-refractivity contribution in [2.75, 3.05) is 7.11 Å². The van der Waals surface area contributed by atoms with E-state index in [0.29, 0.717) is 6.07 Å². The zero-order valence-corrected chi connectivity index (χ0v) is 9.93. The molecular formula is C11H8F6O3. The summed E-state index contributed by atoms with van der Waals surface area (Å²) in [7, 11) is 0.997. The number of hydrogen-bond acceptors (Lipinski definition) is 3. The summed E-state index contributed by atoms with van der Waals surface area (Å²) >= 11 is 0. The first-order valence-electron chi connectivity index (χ1n) is 5.05. The summed E-state index contributed by atoms with van der Waals surface area (Å²) in [5, 5.41) is 0.